The molecule has 1 aliphatic rings. The van der Waals surface area contributed by atoms with Crippen LogP contribution in [0.3, 0.4) is 0 Å². The van der Waals surface area contributed by atoms with Crippen molar-refractivity contribution in [1.29, 1.82) is 0 Å². The van der Waals surface area contributed by atoms with E-state index in [-0.39, 0.29) is 11.8 Å². The fourth-order valence-electron chi connectivity index (χ4n) is 2.19. The first kappa shape index (κ1) is 13.5. The van der Waals surface area contributed by atoms with E-state index in [2.05, 4.69) is 5.32 Å². The number of carbonyl (C=O) groups is 1. The number of amides is 1. The maximum absolute atomic E-state index is 10.8. The molecule has 1 fully saturated rings. The van der Waals surface area contributed by atoms with Crippen molar-refractivity contribution >= 4 is 5.91 Å². The number of aliphatic hydroxyl groups is 1. The first-order valence-electron chi connectivity index (χ1n) is 6.26. The van der Waals surface area contributed by atoms with Crippen molar-refractivity contribution < 1.29 is 9.90 Å². The van der Waals surface area contributed by atoms with Crippen LogP contribution in [0.5, 0.6) is 0 Å². The Balaban J connectivity index is 2.26. The highest BCUT2D eigenvalue weighted by molar-refractivity contribution is 5.76. The molecule has 1 rings (SSSR count). The van der Waals surface area contributed by atoms with Gasteiger partial charge in [-0.05, 0) is 12.8 Å². The Bertz CT molecular complexity index is 223. The lowest BCUT2D eigenvalue weighted by molar-refractivity contribution is -0.121. The molecule has 0 aromatic carbocycles. The molecule has 1 amide bonds. The number of hydrogen-bond donors (Lipinski definition) is 3. The third-order valence-electron chi connectivity index (χ3n) is 3.42. The van der Waals surface area contributed by atoms with Crippen LogP contribution in [0.2, 0.25) is 0 Å². The average molecular weight is 228 g/mol. The Hall–Kier alpha value is -0.610. The lowest BCUT2D eigenvalue weighted by atomic mass is 9.94. The number of nitrogens with one attached hydrogen (secondary N) is 1. The van der Waals surface area contributed by atoms with E-state index in [4.69, 9.17) is 5.73 Å². The molecule has 94 valence electrons. The molecule has 1 unspecified atom stereocenters. The zero-order valence-corrected chi connectivity index (χ0v) is 10.2. The zero-order chi connectivity index (χ0) is 12.0. The van der Waals surface area contributed by atoms with Crippen molar-refractivity contribution in [2.75, 3.05) is 13.1 Å². The van der Waals surface area contributed by atoms with Gasteiger partial charge in [-0.15, -0.1) is 0 Å². The summed E-state index contributed by atoms with van der Waals surface area (Å²) < 4.78 is 0. The predicted octanol–water partition coefficient (Wildman–Crippen LogP) is 0.783. The number of primary amides is 1. The molecule has 0 heterocycles. The minimum absolute atomic E-state index is 0.172. The minimum atomic E-state index is -0.576. The maximum Gasteiger partial charge on any atom is 0.221 e. The molecule has 0 aliphatic heterocycles. The lowest BCUT2D eigenvalue weighted by Crippen LogP contribution is -2.43. The summed E-state index contributed by atoms with van der Waals surface area (Å²) in [6.07, 6.45) is 6.38. The molecule has 4 heteroatoms. The Morgan fingerprint density at radius 2 is 1.94 bits per heavy atom. The second-order valence-electron chi connectivity index (χ2n) is 5.07. The van der Waals surface area contributed by atoms with Gasteiger partial charge in [-0.25, -0.2) is 0 Å². The molecule has 0 spiro atoms. The quantitative estimate of drug-likeness (QED) is 0.609. The topological polar surface area (TPSA) is 75.3 Å². The molecule has 0 aromatic rings. The van der Waals surface area contributed by atoms with E-state index in [1.165, 1.54) is 12.8 Å². The van der Waals surface area contributed by atoms with Crippen LogP contribution in [0.25, 0.3) is 0 Å². The summed E-state index contributed by atoms with van der Waals surface area (Å²) in [7, 11) is 0. The summed E-state index contributed by atoms with van der Waals surface area (Å²) in [5.41, 5.74) is 4.60. The molecule has 1 atom stereocenters. The number of rotatable bonds is 5. The summed E-state index contributed by atoms with van der Waals surface area (Å²) in [5.74, 6) is -0.463. The Labute approximate surface area is 97.6 Å². The smallest absolute Gasteiger partial charge is 0.221 e. The van der Waals surface area contributed by atoms with Gasteiger partial charge < -0.3 is 16.2 Å². The highest BCUT2D eigenvalue weighted by Crippen LogP contribution is 2.26. The van der Waals surface area contributed by atoms with Gasteiger partial charge in [0.05, 0.1) is 5.60 Å². The van der Waals surface area contributed by atoms with Crippen molar-refractivity contribution in [3.63, 3.8) is 0 Å². The van der Waals surface area contributed by atoms with E-state index in [0.717, 1.165) is 25.7 Å². The van der Waals surface area contributed by atoms with Gasteiger partial charge in [-0.2, -0.15) is 0 Å². The van der Waals surface area contributed by atoms with Crippen LogP contribution >= 0.6 is 0 Å². The molecule has 1 saturated carbocycles. The number of hydrogen-bond acceptors (Lipinski definition) is 3. The van der Waals surface area contributed by atoms with E-state index in [1.807, 2.05) is 0 Å². The summed E-state index contributed by atoms with van der Waals surface area (Å²) in [4.78, 5) is 10.8. The van der Waals surface area contributed by atoms with E-state index in [1.54, 1.807) is 6.92 Å². The van der Waals surface area contributed by atoms with Crippen LogP contribution in [0.15, 0.2) is 0 Å². The monoisotopic (exact) mass is 228 g/mol. The fourth-order valence-corrected chi connectivity index (χ4v) is 2.19. The largest absolute Gasteiger partial charge is 0.389 e. The second-order valence-corrected chi connectivity index (χ2v) is 5.07. The molecular weight excluding hydrogens is 204 g/mol. The van der Waals surface area contributed by atoms with E-state index < -0.39 is 5.60 Å². The van der Waals surface area contributed by atoms with Crippen LogP contribution in [-0.4, -0.2) is 29.7 Å². The van der Waals surface area contributed by atoms with Gasteiger partial charge in [0.15, 0.2) is 0 Å². The molecule has 4 N–H and O–H groups in total. The van der Waals surface area contributed by atoms with E-state index in [0.29, 0.717) is 13.1 Å². The standard InChI is InChI=1S/C12H24N2O2/c1-10(11(13)15)8-14-9-12(16)6-4-2-3-5-7-12/h10,14,16H,2-9H2,1H3,(H2,13,15). The molecule has 0 bridgehead atoms. The highest BCUT2D eigenvalue weighted by Gasteiger charge is 2.27. The van der Waals surface area contributed by atoms with Crippen molar-refractivity contribution in [1.82, 2.24) is 5.32 Å². The minimum Gasteiger partial charge on any atom is -0.389 e. The van der Waals surface area contributed by atoms with Crippen molar-refractivity contribution in [2.45, 2.75) is 51.0 Å². The van der Waals surface area contributed by atoms with Gasteiger partial charge in [0, 0.05) is 19.0 Å². The van der Waals surface area contributed by atoms with Gasteiger partial charge >= 0.3 is 0 Å². The average Bonchev–Trinajstić information content (AvgIpc) is 2.43. The van der Waals surface area contributed by atoms with E-state index in [9.17, 15) is 9.90 Å². The van der Waals surface area contributed by atoms with Crippen molar-refractivity contribution in [2.24, 2.45) is 11.7 Å². The first-order valence-corrected chi connectivity index (χ1v) is 6.26. The fraction of sp³-hybridized carbons (Fsp3) is 0.917. The SMILES string of the molecule is CC(CNCC1(O)CCCCCC1)C(N)=O. The molecule has 0 saturated heterocycles. The van der Waals surface area contributed by atoms with Crippen LogP contribution in [0.4, 0.5) is 0 Å². The van der Waals surface area contributed by atoms with Crippen LogP contribution < -0.4 is 11.1 Å². The normalized spacial score (nSPS) is 22.4. The van der Waals surface area contributed by atoms with Crippen LogP contribution in [0.1, 0.15) is 45.4 Å². The van der Waals surface area contributed by atoms with Gasteiger partial charge in [0.1, 0.15) is 0 Å². The molecule has 0 radical (unpaired) electrons. The summed E-state index contributed by atoms with van der Waals surface area (Å²) in [6, 6.07) is 0. The third-order valence-corrected chi connectivity index (χ3v) is 3.42. The van der Waals surface area contributed by atoms with Crippen molar-refractivity contribution in [3.8, 4) is 0 Å². The number of carbonyl (C=O) groups excluding carboxylic acids is 1. The third kappa shape index (κ3) is 4.49. The molecule has 16 heavy (non-hydrogen) atoms. The van der Waals surface area contributed by atoms with E-state index >= 15 is 0 Å². The summed E-state index contributed by atoms with van der Waals surface area (Å²) in [6.45, 7) is 2.93. The highest BCUT2D eigenvalue weighted by atomic mass is 16.3. The Morgan fingerprint density at radius 1 is 1.38 bits per heavy atom. The zero-order valence-electron chi connectivity index (χ0n) is 10.2. The van der Waals surface area contributed by atoms with Gasteiger partial charge in [-0.1, -0.05) is 32.6 Å². The first-order chi connectivity index (χ1) is 7.53. The van der Waals surface area contributed by atoms with Crippen LogP contribution in [-0.2, 0) is 4.79 Å². The Morgan fingerprint density at radius 3 is 2.44 bits per heavy atom. The Kier molecular flexibility index (Phi) is 5.22. The second kappa shape index (κ2) is 6.21. The molecule has 1 aliphatic carbocycles. The maximum atomic E-state index is 10.8. The van der Waals surface area contributed by atoms with Crippen LogP contribution in [0, 0.1) is 5.92 Å². The summed E-state index contributed by atoms with van der Waals surface area (Å²) >= 11 is 0. The molecular formula is C12H24N2O2. The van der Waals surface area contributed by atoms with Gasteiger partial charge in [-0.3, -0.25) is 4.79 Å². The number of nitrogens with two attached hydrogens (primary N) is 1. The van der Waals surface area contributed by atoms with Gasteiger partial charge in [0.25, 0.3) is 0 Å². The molecule has 4 nitrogen and oxygen atoms in total. The molecule has 0 aromatic heterocycles. The van der Waals surface area contributed by atoms with Gasteiger partial charge in [0.2, 0.25) is 5.91 Å². The summed E-state index contributed by atoms with van der Waals surface area (Å²) in [5, 5.41) is 13.5. The lowest BCUT2D eigenvalue weighted by Gasteiger charge is -2.27. The van der Waals surface area contributed by atoms with Crippen molar-refractivity contribution in [3.05, 3.63) is 0 Å². The predicted molar refractivity (Wildman–Crippen MR) is 63.9 cm³/mol.